The molecule has 0 saturated heterocycles. The molecule has 39 heavy (non-hydrogen) atoms. The Morgan fingerprint density at radius 1 is 0.897 bits per heavy atom. The summed E-state index contributed by atoms with van der Waals surface area (Å²) in [4.78, 5) is 28.7. The van der Waals surface area contributed by atoms with Gasteiger partial charge in [0.15, 0.2) is 0 Å². The minimum Gasteiger partial charge on any atom is -0.350 e. The van der Waals surface area contributed by atoms with Crippen molar-refractivity contribution in [3.05, 3.63) is 94.5 Å². The molecule has 0 bridgehead atoms. The molecule has 3 aromatic carbocycles. The van der Waals surface area contributed by atoms with Gasteiger partial charge in [0.1, 0.15) is 12.6 Å². The average Bonchev–Trinajstić information content (AvgIpc) is 2.86. The fourth-order valence-electron chi connectivity index (χ4n) is 4.05. The van der Waals surface area contributed by atoms with Gasteiger partial charge in [-0.3, -0.25) is 13.9 Å². The van der Waals surface area contributed by atoms with Crippen LogP contribution in [0.4, 0.5) is 5.69 Å². The number of hydrogen-bond acceptors (Lipinski definition) is 4. The van der Waals surface area contributed by atoms with Crippen molar-refractivity contribution in [3.63, 3.8) is 0 Å². The van der Waals surface area contributed by atoms with Gasteiger partial charge in [-0.1, -0.05) is 66.5 Å². The number of carbonyl (C=O) groups is 2. The second-order valence-corrected chi connectivity index (χ2v) is 12.9. The topological polar surface area (TPSA) is 86.8 Å². The predicted molar refractivity (Wildman–Crippen MR) is 156 cm³/mol. The molecule has 3 rings (SSSR count). The van der Waals surface area contributed by atoms with Gasteiger partial charge in [-0.25, -0.2) is 8.42 Å². The minimum absolute atomic E-state index is 0.0354. The van der Waals surface area contributed by atoms with Gasteiger partial charge in [0, 0.05) is 22.1 Å². The van der Waals surface area contributed by atoms with Gasteiger partial charge in [-0.15, -0.1) is 0 Å². The molecule has 208 valence electrons. The first kappa shape index (κ1) is 30.5. The predicted octanol–water partition coefficient (Wildman–Crippen LogP) is 5.91. The molecule has 0 spiro atoms. The van der Waals surface area contributed by atoms with E-state index >= 15 is 0 Å². The Balaban J connectivity index is 2.06. The van der Waals surface area contributed by atoms with Gasteiger partial charge < -0.3 is 10.2 Å². The van der Waals surface area contributed by atoms with Gasteiger partial charge >= 0.3 is 0 Å². The van der Waals surface area contributed by atoms with E-state index in [4.69, 9.17) is 23.2 Å². The van der Waals surface area contributed by atoms with E-state index in [0.717, 1.165) is 9.87 Å². The van der Waals surface area contributed by atoms with Crippen molar-refractivity contribution in [2.75, 3.05) is 10.8 Å². The Bertz CT molecular complexity index is 1390. The Hall–Kier alpha value is -3.07. The summed E-state index contributed by atoms with van der Waals surface area (Å²) < 4.78 is 28.7. The number of sulfonamides is 1. The Labute approximate surface area is 240 Å². The lowest BCUT2D eigenvalue weighted by Gasteiger charge is -2.34. The molecule has 1 N–H and O–H groups in total. The molecule has 3 aromatic rings. The Morgan fingerprint density at radius 2 is 1.54 bits per heavy atom. The summed E-state index contributed by atoms with van der Waals surface area (Å²) >= 11 is 12.2. The number of benzene rings is 3. The van der Waals surface area contributed by atoms with Crippen molar-refractivity contribution < 1.29 is 18.0 Å². The molecule has 0 aliphatic rings. The summed E-state index contributed by atoms with van der Waals surface area (Å²) in [6, 6.07) is 20.4. The highest BCUT2D eigenvalue weighted by atomic mass is 35.5. The van der Waals surface area contributed by atoms with Crippen molar-refractivity contribution in [2.45, 2.75) is 57.1 Å². The van der Waals surface area contributed by atoms with E-state index in [1.807, 2.05) is 58.0 Å². The van der Waals surface area contributed by atoms with Crippen molar-refractivity contribution in [1.82, 2.24) is 10.2 Å². The number of amides is 2. The third-order valence-corrected chi connectivity index (χ3v) is 8.13. The van der Waals surface area contributed by atoms with Gasteiger partial charge in [-0.05, 0) is 75.2 Å². The average molecular weight is 591 g/mol. The molecule has 0 aromatic heterocycles. The third-order valence-electron chi connectivity index (χ3n) is 5.86. The smallest absolute Gasteiger partial charge is 0.264 e. The van der Waals surface area contributed by atoms with E-state index in [-0.39, 0.29) is 23.0 Å². The maximum absolute atomic E-state index is 14.0. The lowest BCUT2D eigenvalue weighted by molar-refractivity contribution is -0.141. The molecule has 0 unspecified atom stereocenters. The maximum atomic E-state index is 14.0. The van der Waals surface area contributed by atoms with Gasteiger partial charge in [-0.2, -0.15) is 0 Å². The number of hydrogen-bond donors (Lipinski definition) is 1. The molecule has 10 heteroatoms. The molecule has 2 amide bonds. The zero-order chi connectivity index (χ0) is 28.8. The lowest BCUT2D eigenvalue weighted by atomic mass is 10.1. The van der Waals surface area contributed by atoms with Crippen LogP contribution in [0.3, 0.4) is 0 Å². The molecule has 7 nitrogen and oxygen atoms in total. The molecule has 0 aliphatic carbocycles. The van der Waals surface area contributed by atoms with Crippen LogP contribution in [-0.4, -0.2) is 43.3 Å². The monoisotopic (exact) mass is 589 g/mol. The molecule has 0 heterocycles. The van der Waals surface area contributed by atoms with Crippen molar-refractivity contribution in [3.8, 4) is 0 Å². The highest BCUT2D eigenvalue weighted by Gasteiger charge is 2.34. The van der Waals surface area contributed by atoms with Crippen LogP contribution >= 0.6 is 23.2 Å². The second-order valence-electron chi connectivity index (χ2n) is 10.1. The van der Waals surface area contributed by atoms with Gasteiger partial charge in [0.25, 0.3) is 10.0 Å². The van der Waals surface area contributed by atoms with Crippen LogP contribution < -0.4 is 9.62 Å². The Morgan fingerprint density at radius 3 is 2.10 bits per heavy atom. The van der Waals surface area contributed by atoms with E-state index in [1.165, 1.54) is 35.2 Å². The summed E-state index contributed by atoms with van der Waals surface area (Å²) in [7, 11) is -4.20. The third kappa shape index (κ3) is 8.21. The normalized spacial score (nSPS) is 12.5. The van der Waals surface area contributed by atoms with Crippen LogP contribution in [0.1, 0.15) is 39.7 Å². The summed E-state index contributed by atoms with van der Waals surface area (Å²) in [6.45, 7) is 6.98. The largest absolute Gasteiger partial charge is 0.350 e. The standard InChI is InChI=1S/C29H33Cl2N3O4S/c1-5-26(28(36)32-29(2,3)4)33(19-21-10-7-6-8-11-21)27(35)20-34(24-13-9-12-23(31)18-24)39(37,38)25-16-14-22(30)15-17-25/h6-18,26H,5,19-20H2,1-4H3,(H,32,36)/t26-/m0/s1. The zero-order valence-corrected chi connectivity index (χ0v) is 24.7. The lowest BCUT2D eigenvalue weighted by Crippen LogP contribution is -2.55. The number of rotatable bonds is 10. The minimum atomic E-state index is -4.20. The summed E-state index contributed by atoms with van der Waals surface area (Å²) in [5.41, 5.74) is 0.511. The van der Waals surface area contributed by atoms with E-state index in [1.54, 1.807) is 18.2 Å². The zero-order valence-electron chi connectivity index (χ0n) is 22.4. The summed E-state index contributed by atoms with van der Waals surface area (Å²) in [6.07, 6.45) is 0.335. The van der Waals surface area contributed by atoms with E-state index in [9.17, 15) is 18.0 Å². The SMILES string of the molecule is CC[C@@H](C(=O)NC(C)(C)C)N(Cc1ccccc1)C(=O)CN(c1cccc(Cl)c1)S(=O)(=O)c1ccc(Cl)cc1. The van der Waals surface area contributed by atoms with E-state index in [2.05, 4.69) is 5.32 Å². The van der Waals surface area contributed by atoms with Crippen molar-refractivity contribution in [2.24, 2.45) is 0 Å². The highest BCUT2D eigenvalue weighted by Crippen LogP contribution is 2.27. The quantitative estimate of drug-likeness (QED) is 0.318. The first-order valence-electron chi connectivity index (χ1n) is 12.5. The molecule has 0 fully saturated rings. The molecular formula is C29H33Cl2N3O4S. The van der Waals surface area contributed by atoms with E-state index in [0.29, 0.717) is 16.5 Å². The van der Waals surface area contributed by atoms with Crippen molar-refractivity contribution in [1.29, 1.82) is 0 Å². The fraction of sp³-hybridized carbons (Fsp3) is 0.310. The number of nitrogens with zero attached hydrogens (tertiary/aromatic N) is 2. The fourth-order valence-corrected chi connectivity index (χ4v) is 5.76. The summed E-state index contributed by atoms with van der Waals surface area (Å²) in [5.74, 6) is -0.851. The molecule has 0 saturated carbocycles. The number of carbonyl (C=O) groups excluding carboxylic acids is 2. The molecule has 0 aliphatic heterocycles. The van der Waals surface area contributed by atoms with Crippen LogP contribution in [-0.2, 0) is 26.2 Å². The van der Waals surface area contributed by atoms with Crippen molar-refractivity contribution >= 4 is 50.7 Å². The highest BCUT2D eigenvalue weighted by molar-refractivity contribution is 7.92. The van der Waals surface area contributed by atoms with Crippen LogP contribution in [0.25, 0.3) is 0 Å². The maximum Gasteiger partial charge on any atom is 0.264 e. The summed E-state index contributed by atoms with van der Waals surface area (Å²) in [5, 5.41) is 3.64. The first-order valence-corrected chi connectivity index (χ1v) is 14.7. The number of nitrogens with one attached hydrogen (secondary N) is 1. The molecule has 0 radical (unpaired) electrons. The number of halogens is 2. The number of anilines is 1. The first-order chi connectivity index (χ1) is 18.3. The molecule has 1 atom stereocenters. The van der Waals surface area contributed by atoms with Crippen LogP contribution in [0.5, 0.6) is 0 Å². The van der Waals surface area contributed by atoms with Crippen LogP contribution in [0, 0.1) is 0 Å². The molecular weight excluding hydrogens is 557 g/mol. The Kier molecular flexibility index (Phi) is 10.0. The van der Waals surface area contributed by atoms with Gasteiger partial charge in [0.2, 0.25) is 11.8 Å². The second kappa shape index (κ2) is 12.9. The van der Waals surface area contributed by atoms with E-state index < -0.39 is 34.1 Å². The van der Waals surface area contributed by atoms with Crippen LogP contribution in [0.15, 0.2) is 83.8 Å². The van der Waals surface area contributed by atoms with Gasteiger partial charge in [0.05, 0.1) is 10.6 Å². The van der Waals surface area contributed by atoms with Crippen LogP contribution in [0.2, 0.25) is 10.0 Å².